The SMILES string of the molecule is CC1(C)OB(c2cc(F)cc(C3CC3(F)F)c2)OC1(C)C. The van der Waals surface area contributed by atoms with Crippen molar-refractivity contribution < 1.29 is 22.5 Å². The van der Waals surface area contributed by atoms with Crippen LogP contribution in [0.2, 0.25) is 0 Å². The minimum atomic E-state index is -2.72. The summed E-state index contributed by atoms with van der Waals surface area (Å²) >= 11 is 0. The summed E-state index contributed by atoms with van der Waals surface area (Å²) in [5.41, 5.74) is -0.336. The van der Waals surface area contributed by atoms with Gasteiger partial charge in [0.25, 0.3) is 5.92 Å². The number of halogens is 3. The second-order valence-electron chi connectivity index (χ2n) is 6.92. The fourth-order valence-electron chi connectivity index (χ4n) is 2.53. The molecule has 2 nitrogen and oxygen atoms in total. The van der Waals surface area contributed by atoms with Crippen molar-refractivity contribution in [3.8, 4) is 0 Å². The molecular weight excluding hydrogens is 280 g/mol. The first-order chi connectivity index (χ1) is 9.52. The Hall–Kier alpha value is -1.01. The molecule has 0 bridgehead atoms. The lowest BCUT2D eigenvalue weighted by Gasteiger charge is -2.32. The fourth-order valence-corrected chi connectivity index (χ4v) is 2.53. The predicted molar refractivity (Wildman–Crippen MR) is 74.4 cm³/mol. The molecule has 2 aliphatic rings. The van der Waals surface area contributed by atoms with Crippen LogP contribution in [0.4, 0.5) is 13.2 Å². The molecule has 0 N–H and O–H groups in total. The van der Waals surface area contributed by atoms with Gasteiger partial charge in [0.15, 0.2) is 0 Å². The number of alkyl halides is 2. The van der Waals surface area contributed by atoms with Crippen LogP contribution >= 0.6 is 0 Å². The van der Waals surface area contributed by atoms with E-state index in [9.17, 15) is 13.2 Å². The van der Waals surface area contributed by atoms with Gasteiger partial charge in [0.2, 0.25) is 0 Å². The van der Waals surface area contributed by atoms with Gasteiger partial charge in [0.05, 0.1) is 17.1 Å². The average molecular weight is 298 g/mol. The number of rotatable bonds is 2. The Morgan fingerprint density at radius 3 is 2.05 bits per heavy atom. The molecule has 1 saturated carbocycles. The van der Waals surface area contributed by atoms with Crippen LogP contribution in [0, 0.1) is 5.82 Å². The number of hydrogen-bond acceptors (Lipinski definition) is 2. The van der Waals surface area contributed by atoms with Gasteiger partial charge in [-0.3, -0.25) is 0 Å². The maximum absolute atomic E-state index is 13.8. The maximum Gasteiger partial charge on any atom is 0.494 e. The van der Waals surface area contributed by atoms with Crippen LogP contribution in [-0.2, 0) is 9.31 Å². The highest BCUT2D eigenvalue weighted by Crippen LogP contribution is 2.55. The topological polar surface area (TPSA) is 18.5 Å². The van der Waals surface area contributed by atoms with Crippen molar-refractivity contribution >= 4 is 12.6 Å². The van der Waals surface area contributed by atoms with E-state index in [4.69, 9.17) is 9.31 Å². The van der Waals surface area contributed by atoms with Crippen LogP contribution in [0.3, 0.4) is 0 Å². The van der Waals surface area contributed by atoms with Crippen molar-refractivity contribution in [3.05, 3.63) is 29.6 Å². The third-order valence-corrected chi connectivity index (χ3v) is 4.70. The van der Waals surface area contributed by atoms with Crippen molar-refractivity contribution in [2.75, 3.05) is 0 Å². The van der Waals surface area contributed by atoms with Crippen molar-refractivity contribution in [2.24, 2.45) is 0 Å². The highest BCUT2D eigenvalue weighted by molar-refractivity contribution is 6.62. The molecule has 0 amide bonds. The first kappa shape index (κ1) is 14.9. The largest absolute Gasteiger partial charge is 0.494 e. The number of hydrogen-bond donors (Lipinski definition) is 0. The van der Waals surface area contributed by atoms with Crippen molar-refractivity contribution in [3.63, 3.8) is 0 Å². The van der Waals surface area contributed by atoms with Crippen molar-refractivity contribution in [1.82, 2.24) is 0 Å². The van der Waals surface area contributed by atoms with Crippen LogP contribution in [-0.4, -0.2) is 24.2 Å². The Kier molecular flexibility index (Phi) is 3.03. The molecule has 1 saturated heterocycles. The second-order valence-corrected chi connectivity index (χ2v) is 6.92. The summed E-state index contributed by atoms with van der Waals surface area (Å²) in [6.07, 6.45) is -0.223. The van der Waals surface area contributed by atoms with Crippen LogP contribution in [0.25, 0.3) is 0 Å². The van der Waals surface area contributed by atoms with Gasteiger partial charge in [0, 0.05) is 6.42 Å². The molecule has 1 aliphatic carbocycles. The van der Waals surface area contributed by atoms with E-state index in [1.165, 1.54) is 12.1 Å². The Balaban J connectivity index is 1.90. The lowest BCUT2D eigenvalue weighted by atomic mass is 9.78. The van der Waals surface area contributed by atoms with E-state index in [0.29, 0.717) is 11.0 Å². The summed E-state index contributed by atoms with van der Waals surface area (Å²) in [7, 11) is -0.739. The van der Waals surface area contributed by atoms with E-state index >= 15 is 0 Å². The summed E-state index contributed by atoms with van der Waals surface area (Å²) in [6, 6.07) is 4.02. The van der Waals surface area contributed by atoms with Crippen molar-refractivity contribution in [1.29, 1.82) is 0 Å². The second kappa shape index (κ2) is 4.26. The smallest absolute Gasteiger partial charge is 0.399 e. The average Bonchev–Trinajstić information content (AvgIpc) is 2.89. The molecule has 6 heteroatoms. The zero-order chi connectivity index (χ0) is 15.6. The molecule has 3 rings (SSSR count). The molecule has 1 atom stereocenters. The monoisotopic (exact) mass is 298 g/mol. The van der Waals surface area contributed by atoms with Crippen LogP contribution < -0.4 is 5.46 Å². The molecule has 1 unspecified atom stereocenters. The van der Waals surface area contributed by atoms with Gasteiger partial charge in [0.1, 0.15) is 5.82 Å². The summed E-state index contributed by atoms with van der Waals surface area (Å²) in [5, 5.41) is 0. The van der Waals surface area contributed by atoms with Gasteiger partial charge in [-0.15, -0.1) is 0 Å². The van der Waals surface area contributed by atoms with E-state index in [1.807, 2.05) is 27.7 Å². The van der Waals surface area contributed by atoms with E-state index in [-0.39, 0.29) is 6.42 Å². The molecule has 2 fully saturated rings. The molecule has 21 heavy (non-hydrogen) atoms. The summed E-state index contributed by atoms with van der Waals surface area (Å²) in [6.45, 7) is 7.56. The zero-order valence-corrected chi connectivity index (χ0v) is 12.5. The molecule has 1 heterocycles. The predicted octanol–water partition coefficient (Wildman–Crippen LogP) is 3.25. The molecule has 1 aromatic rings. The highest BCUT2D eigenvalue weighted by atomic mass is 19.3. The lowest BCUT2D eigenvalue weighted by molar-refractivity contribution is 0.00578. The van der Waals surface area contributed by atoms with E-state index in [1.54, 1.807) is 6.07 Å². The molecular formula is C15H18BF3O2. The summed E-state index contributed by atoms with van der Waals surface area (Å²) in [4.78, 5) is 0. The molecule has 0 aromatic heterocycles. The molecule has 114 valence electrons. The normalized spacial score (nSPS) is 28.7. The van der Waals surface area contributed by atoms with Crippen LogP contribution in [0.5, 0.6) is 0 Å². The molecule has 1 aromatic carbocycles. The lowest BCUT2D eigenvalue weighted by Crippen LogP contribution is -2.41. The number of benzene rings is 1. The molecule has 0 radical (unpaired) electrons. The first-order valence-electron chi connectivity index (χ1n) is 7.06. The Morgan fingerprint density at radius 1 is 1.05 bits per heavy atom. The summed E-state index contributed by atoms with van der Waals surface area (Å²) < 4.78 is 51.8. The molecule has 1 aliphatic heterocycles. The van der Waals surface area contributed by atoms with Gasteiger partial charge in [-0.1, -0.05) is 6.07 Å². The van der Waals surface area contributed by atoms with Gasteiger partial charge in [-0.2, -0.15) is 0 Å². The van der Waals surface area contributed by atoms with E-state index in [2.05, 4.69) is 0 Å². The first-order valence-corrected chi connectivity index (χ1v) is 7.06. The Labute approximate surface area is 122 Å². The summed E-state index contributed by atoms with van der Waals surface area (Å²) in [5.74, 6) is -4.16. The fraction of sp³-hybridized carbons (Fsp3) is 0.600. The third-order valence-electron chi connectivity index (χ3n) is 4.70. The minimum Gasteiger partial charge on any atom is -0.399 e. The molecule has 0 spiro atoms. The van der Waals surface area contributed by atoms with Crippen LogP contribution in [0.15, 0.2) is 18.2 Å². The Morgan fingerprint density at radius 2 is 1.57 bits per heavy atom. The quantitative estimate of drug-likeness (QED) is 0.780. The third kappa shape index (κ3) is 2.48. The van der Waals surface area contributed by atoms with Gasteiger partial charge < -0.3 is 9.31 Å². The standard InChI is InChI=1S/C15H18BF3O2/c1-13(2)14(3,4)21-16(20-13)10-5-9(6-11(17)7-10)12-8-15(12,18)19/h5-7,12H,8H2,1-4H3. The van der Waals surface area contributed by atoms with Gasteiger partial charge in [-0.25, -0.2) is 13.2 Å². The van der Waals surface area contributed by atoms with E-state index < -0.39 is 36.0 Å². The van der Waals surface area contributed by atoms with Crippen LogP contribution in [0.1, 0.15) is 45.6 Å². The van der Waals surface area contributed by atoms with Gasteiger partial charge in [-0.05, 0) is 50.9 Å². The minimum absolute atomic E-state index is 0.223. The van der Waals surface area contributed by atoms with E-state index in [0.717, 1.165) is 0 Å². The maximum atomic E-state index is 13.8. The highest BCUT2D eigenvalue weighted by Gasteiger charge is 2.58. The van der Waals surface area contributed by atoms with Gasteiger partial charge >= 0.3 is 7.12 Å². The van der Waals surface area contributed by atoms with Crippen molar-refractivity contribution in [2.45, 2.75) is 57.2 Å². The zero-order valence-electron chi connectivity index (χ0n) is 12.5. The Bertz CT molecular complexity index is 570.